The topological polar surface area (TPSA) is 38.5 Å². The highest BCUT2D eigenvalue weighted by atomic mass is 16.5. The molecule has 2 N–H and O–H groups in total. The van der Waals surface area contributed by atoms with Gasteiger partial charge in [-0.15, -0.1) is 0 Å². The lowest BCUT2D eigenvalue weighted by molar-refractivity contribution is 0.0574. The molecule has 0 aliphatic heterocycles. The van der Waals surface area contributed by atoms with Crippen molar-refractivity contribution in [1.82, 2.24) is 4.90 Å². The maximum atomic E-state index is 5.93. The highest BCUT2D eigenvalue weighted by Crippen LogP contribution is 2.23. The van der Waals surface area contributed by atoms with Gasteiger partial charge in [-0.3, -0.25) is 4.90 Å². The number of ether oxygens (including phenoxy) is 1. The molecule has 1 aliphatic rings. The van der Waals surface area contributed by atoms with Crippen LogP contribution in [0.25, 0.3) is 0 Å². The molecule has 0 aromatic heterocycles. The molecule has 1 atom stereocenters. The van der Waals surface area contributed by atoms with Crippen molar-refractivity contribution in [2.75, 3.05) is 20.3 Å². The van der Waals surface area contributed by atoms with Gasteiger partial charge in [-0.05, 0) is 39.2 Å². The van der Waals surface area contributed by atoms with E-state index in [9.17, 15) is 0 Å². The van der Waals surface area contributed by atoms with Crippen LogP contribution in [0, 0.1) is 0 Å². The monoisotopic (exact) mass is 214 g/mol. The summed E-state index contributed by atoms with van der Waals surface area (Å²) in [4.78, 5) is 2.56. The molecule has 0 spiro atoms. The lowest BCUT2D eigenvalue weighted by Crippen LogP contribution is -2.46. The molecular weight excluding hydrogens is 188 g/mol. The van der Waals surface area contributed by atoms with Crippen molar-refractivity contribution in [3.05, 3.63) is 0 Å². The minimum atomic E-state index is 0.442. The van der Waals surface area contributed by atoms with Crippen LogP contribution in [-0.2, 0) is 4.74 Å². The molecule has 0 aromatic carbocycles. The van der Waals surface area contributed by atoms with E-state index in [-0.39, 0.29) is 0 Å². The maximum Gasteiger partial charge on any atom is 0.0615 e. The van der Waals surface area contributed by atoms with E-state index >= 15 is 0 Å². The highest BCUT2D eigenvalue weighted by molar-refractivity contribution is 4.83. The van der Waals surface area contributed by atoms with Crippen molar-refractivity contribution in [3.8, 4) is 0 Å². The Hall–Kier alpha value is -0.120. The standard InChI is InChI=1S/C12H26N2O/c1-4-14(10(2)9-15-3)12-7-5-11(13)6-8-12/h10-12H,4-9,13H2,1-3H3. The second-order valence-corrected chi connectivity index (χ2v) is 4.70. The lowest BCUT2D eigenvalue weighted by atomic mass is 9.90. The van der Waals surface area contributed by atoms with E-state index in [4.69, 9.17) is 10.5 Å². The van der Waals surface area contributed by atoms with Crippen LogP contribution >= 0.6 is 0 Å². The van der Waals surface area contributed by atoms with Crippen LogP contribution in [0.1, 0.15) is 39.5 Å². The lowest BCUT2D eigenvalue weighted by Gasteiger charge is -2.38. The Morgan fingerprint density at radius 2 is 1.93 bits per heavy atom. The summed E-state index contributed by atoms with van der Waals surface area (Å²) in [5, 5.41) is 0. The third kappa shape index (κ3) is 3.74. The summed E-state index contributed by atoms with van der Waals surface area (Å²) < 4.78 is 5.23. The molecule has 3 nitrogen and oxygen atoms in total. The number of hydrogen-bond donors (Lipinski definition) is 1. The normalized spacial score (nSPS) is 29.4. The van der Waals surface area contributed by atoms with Gasteiger partial charge in [0.2, 0.25) is 0 Å². The predicted octanol–water partition coefficient (Wildman–Crippen LogP) is 1.61. The van der Waals surface area contributed by atoms with Crippen molar-refractivity contribution in [2.45, 2.75) is 57.7 Å². The third-order valence-corrected chi connectivity index (χ3v) is 3.55. The van der Waals surface area contributed by atoms with Gasteiger partial charge in [0.1, 0.15) is 0 Å². The Balaban J connectivity index is 2.43. The van der Waals surface area contributed by atoms with Crippen LogP contribution in [0.3, 0.4) is 0 Å². The van der Waals surface area contributed by atoms with E-state index in [1.54, 1.807) is 7.11 Å². The number of nitrogens with zero attached hydrogens (tertiary/aromatic N) is 1. The largest absolute Gasteiger partial charge is 0.383 e. The van der Waals surface area contributed by atoms with Crippen molar-refractivity contribution in [3.63, 3.8) is 0 Å². The first-order valence-corrected chi connectivity index (χ1v) is 6.19. The van der Waals surface area contributed by atoms with Gasteiger partial charge in [0.05, 0.1) is 6.61 Å². The molecule has 0 bridgehead atoms. The van der Waals surface area contributed by atoms with Crippen LogP contribution in [0.4, 0.5) is 0 Å². The third-order valence-electron chi connectivity index (χ3n) is 3.55. The van der Waals surface area contributed by atoms with Crippen molar-refractivity contribution < 1.29 is 4.74 Å². The maximum absolute atomic E-state index is 5.93. The number of rotatable bonds is 5. The molecule has 90 valence electrons. The van der Waals surface area contributed by atoms with Gasteiger partial charge in [-0.2, -0.15) is 0 Å². The summed E-state index contributed by atoms with van der Waals surface area (Å²) in [6.45, 7) is 6.43. The molecule has 1 unspecified atom stereocenters. The van der Waals surface area contributed by atoms with Crippen molar-refractivity contribution in [2.24, 2.45) is 5.73 Å². The van der Waals surface area contributed by atoms with Crippen LogP contribution in [0.5, 0.6) is 0 Å². The number of likely N-dealkylation sites (N-methyl/N-ethyl adjacent to an activating group) is 1. The Bertz CT molecular complexity index is 167. The second kappa shape index (κ2) is 6.46. The highest BCUT2D eigenvalue weighted by Gasteiger charge is 2.26. The molecular formula is C12H26N2O. The Morgan fingerprint density at radius 1 is 1.33 bits per heavy atom. The number of nitrogens with two attached hydrogens (primary N) is 1. The zero-order valence-corrected chi connectivity index (χ0v) is 10.4. The first-order valence-electron chi connectivity index (χ1n) is 6.19. The SMILES string of the molecule is CCN(C(C)COC)C1CCC(N)CC1. The minimum Gasteiger partial charge on any atom is -0.383 e. The second-order valence-electron chi connectivity index (χ2n) is 4.70. The zero-order chi connectivity index (χ0) is 11.3. The Labute approximate surface area is 94.0 Å². The quantitative estimate of drug-likeness (QED) is 0.755. The summed E-state index contributed by atoms with van der Waals surface area (Å²) in [5.41, 5.74) is 5.93. The van der Waals surface area contributed by atoms with Crippen LogP contribution < -0.4 is 5.73 Å². The first-order chi connectivity index (χ1) is 7.19. The summed E-state index contributed by atoms with van der Waals surface area (Å²) in [6.07, 6.45) is 4.87. The van der Waals surface area contributed by atoms with E-state index in [2.05, 4.69) is 18.7 Å². The van der Waals surface area contributed by atoms with E-state index in [1.165, 1.54) is 25.7 Å². The van der Waals surface area contributed by atoms with Crippen LogP contribution in [-0.4, -0.2) is 43.3 Å². The molecule has 1 fully saturated rings. The molecule has 1 saturated carbocycles. The van der Waals surface area contributed by atoms with Gasteiger partial charge >= 0.3 is 0 Å². The predicted molar refractivity (Wildman–Crippen MR) is 63.9 cm³/mol. The summed E-state index contributed by atoms with van der Waals surface area (Å²) in [7, 11) is 1.78. The molecule has 0 aromatic rings. The molecule has 0 saturated heterocycles. The van der Waals surface area contributed by atoms with E-state index in [0.717, 1.165) is 19.2 Å². The zero-order valence-electron chi connectivity index (χ0n) is 10.4. The molecule has 3 heteroatoms. The Kier molecular flexibility index (Phi) is 5.58. The van der Waals surface area contributed by atoms with Gasteiger partial charge in [0.25, 0.3) is 0 Å². The molecule has 0 radical (unpaired) electrons. The van der Waals surface area contributed by atoms with Gasteiger partial charge in [0.15, 0.2) is 0 Å². The molecule has 1 rings (SSSR count). The fraction of sp³-hybridized carbons (Fsp3) is 1.00. The van der Waals surface area contributed by atoms with E-state index in [1.807, 2.05) is 0 Å². The van der Waals surface area contributed by atoms with Crippen LogP contribution in [0.15, 0.2) is 0 Å². The fourth-order valence-electron chi connectivity index (χ4n) is 2.70. The van der Waals surface area contributed by atoms with Crippen molar-refractivity contribution in [1.29, 1.82) is 0 Å². The van der Waals surface area contributed by atoms with Gasteiger partial charge in [-0.1, -0.05) is 6.92 Å². The fourth-order valence-corrected chi connectivity index (χ4v) is 2.70. The molecule has 15 heavy (non-hydrogen) atoms. The minimum absolute atomic E-state index is 0.442. The molecule has 1 aliphatic carbocycles. The summed E-state index contributed by atoms with van der Waals surface area (Å²) >= 11 is 0. The van der Waals surface area contributed by atoms with E-state index < -0.39 is 0 Å². The average Bonchev–Trinajstić information content (AvgIpc) is 2.22. The van der Waals surface area contributed by atoms with E-state index in [0.29, 0.717) is 12.1 Å². The number of hydrogen-bond acceptors (Lipinski definition) is 3. The first kappa shape index (κ1) is 12.9. The van der Waals surface area contributed by atoms with Crippen molar-refractivity contribution >= 4 is 0 Å². The Morgan fingerprint density at radius 3 is 2.40 bits per heavy atom. The number of methoxy groups -OCH3 is 1. The molecule has 0 amide bonds. The summed E-state index contributed by atoms with van der Waals surface area (Å²) in [6, 6.07) is 1.69. The average molecular weight is 214 g/mol. The van der Waals surface area contributed by atoms with Gasteiger partial charge in [-0.25, -0.2) is 0 Å². The molecule has 0 heterocycles. The smallest absolute Gasteiger partial charge is 0.0615 e. The summed E-state index contributed by atoms with van der Waals surface area (Å²) in [5.74, 6) is 0. The van der Waals surface area contributed by atoms with Gasteiger partial charge in [0, 0.05) is 25.2 Å². The van der Waals surface area contributed by atoms with Crippen LogP contribution in [0.2, 0.25) is 0 Å². The van der Waals surface area contributed by atoms with Gasteiger partial charge < -0.3 is 10.5 Å².